The monoisotopic (exact) mass is 295 g/mol. The Morgan fingerprint density at radius 1 is 1.24 bits per heavy atom. The van der Waals surface area contributed by atoms with Gasteiger partial charge in [-0.2, -0.15) is 0 Å². The first kappa shape index (κ1) is 15.6. The molecule has 0 bridgehead atoms. The molecule has 2 rings (SSSR count). The van der Waals surface area contributed by atoms with Crippen LogP contribution in [0.1, 0.15) is 34.4 Å². The summed E-state index contributed by atoms with van der Waals surface area (Å²) in [5, 5.41) is 9.26. The summed E-state index contributed by atoms with van der Waals surface area (Å²) in [6.45, 7) is 8.08. The molecule has 1 N–H and O–H groups in total. The van der Waals surface area contributed by atoms with Crippen molar-refractivity contribution >= 4 is 11.9 Å². The van der Waals surface area contributed by atoms with Crippen molar-refractivity contribution in [3.63, 3.8) is 0 Å². The van der Waals surface area contributed by atoms with Gasteiger partial charge in [-0.3, -0.25) is 9.59 Å². The second-order valence-electron chi connectivity index (χ2n) is 5.36. The van der Waals surface area contributed by atoms with Crippen molar-refractivity contribution in [1.29, 1.82) is 0 Å². The van der Waals surface area contributed by atoms with Gasteiger partial charge >= 0.3 is 5.97 Å². The first-order valence-corrected chi connectivity index (χ1v) is 7.06. The molecular formula is C15H21NO5. The Bertz CT molecular complexity index is 563. The molecule has 0 aliphatic carbocycles. The summed E-state index contributed by atoms with van der Waals surface area (Å²) in [7, 11) is 0. The molecule has 2 heterocycles. The van der Waals surface area contributed by atoms with Crippen molar-refractivity contribution in [1.82, 2.24) is 4.90 Å². The van der Waals surface area contributed by atoms with Gasteiger partial charge in [-0.1, -0.05) is 0 Å². The Kier molecular flexibility index (Phi) is 4.37. The molecule has 1 amide bonds. The number of aliphatic carboxylic acids is 1. The van der Waals surface area contributed by atoms with Crippen LogP contribution in [0.15, 0.2) is 4.42 Å². The van der Waals surface area contributed by atoms with E-state index in [-0.39, 0.29) is 19.1 Å². The molecule has 21 heavy (non-hydrogen) atoms. The summed E-state index contributed by atoms with van der Waals surface area (Å²) in [4.78, 5) is 25.7. The van der Waals surface area contributed by atoms with Gasteiger partial charge in [0.05, 0.1) is 24.8 Å². The van der Waals surface area contributed by atoms with Crippen molar-refractivity contribution in [2.24, 2.45) is 5.92 Å². The third kappa shape index (κ3) is 2.68. The van der Waals surface area contributed by atoms with Crippen LogP contribution in [0.2, 0.25) is 0 Å². The minimum absolute atomic E-state index is 0.145. The fourth-order valence-corrected chi connectivity index (χ4v) is 2.87. The van der Waals surface area contributed by atoms with E-state index in [0.29, 0.717) is 23.6 Å². The molecule has 0 radical (unpaired) electrons. The number of likely N-dealkylation sites (N-methyl/N-ethyl adjacent to an activating group) is 1. The minimum Gasteiger partial charge on any atom is -0.481 e. The third-order valence-electron chi connectivity index (χ3n) is 4.14. The van der Waals surface area contributed by atoms with Crippen LogP contribution in [0.4, 0.5) is 0 Å². The topological polar surface area (TPSA) is 80.0 Å². The minimum atomic E-state index is -0.930. The van der Waals surface area contributed by atoms with E-state index in [1.165, 1.54) is 0 Å². The van der Waals surface area contributed by atoms with Crippen molar-refractivity contribution < 1.29 is 23.8 Å². The zero-order chi connectivity index (χ0) is 15.7. The smallest absolute Gasteiger partial charge is 0.311 e. The molecule has 1 aliphatic rings. The van der Waals surface area contributed by atoms with Gasteiger partial charge in [-0.25, -0.2) is 0 Å². The van der Waals surface area contributed by atoms with Crippen LogP contribution in [0.5, 0.6) is 0 Å². The number of nitrogens with zero attached hydrogens (tertiary/aromatic N) is 1. The summed E-state index contributed by atoms with van der Waals surface area (Å²) < 4.78 is 10.8. The first-order chi connectivity index (χ1) is 9.88. The van der Waals surface area contributed by atoms with E-state index in [2.05, 4.69) is 0 Å². The molecule has 1 saturated heterocycles. The molecule has 0 spiro atoms. The van der Waals surface area contributed by atoms with Crippen LogP contribution < -0.4 is 0 Å². The summed E-state index contributed by atoms with van der Waals surface area (Å²) in [5.41, 5.74) is 1.34. The summed E-state index contributed by atoms with van der Waals surface area (Å²) in [5.74, 6) is -0.516. The number of amides is 1. The van der Waals surface area contributed by atoms with Crippen LogP contribution in [0.25, 0.3) is 0 Å². The predicted octanol–water partition coefficient (Wildman–Crippen LogP) is 1.77. The van der Waals surface area contributed by atoms with E-state index < -0.39 is 17.9 Å². The number of hydrogen-bond donors (Lipinski definition) is 1. The molecule has 2 atom stereocenters. The molecule has 1 fully saturated rings. The number of carboxylic acid groups (broad SMARTS) is 1. The second-order valence-corrected chi connectivity index (χ2v) is 5.36. The van der Waals surface area contributed by atoms with Crippen LogP contribution in [0, 0.1) is 26.7 Å². The van der Waals surface area contributed by atoms with Gasteiger partial charge in [0.25, 0.3) is 5.91 Å². The molecular weight excluding hydrogens is 274 g/mol. The van der Waals surface area contributed by atoms with E-state index in [1.54, 1.807) is 11.8 Å². The highest BCUT2D eigenvalue weighted by Gasteiger charge is 2.40. The van der Waals surface area contributed by atoms with Crippen molar-refractivity contribution in [3.8, 4) is 0 Å². The number of carbonyl (C=O) groups is 2. The highest BCUT2D eigenvalue weighted by Crippen LogP contribution is 2.26. The van der Waals surface area contributed by atoms with Crippen molar-refractivity contribution in [2.45, 2.75) is 33.7 Å². The molecule has 0 aromatic carbocycles. The molecule has 6 nitrogen and oxygen atoms in total. The number of furan rings is 1. The maximum Gasteiger partial charge on any atom is 0.311 e. The normalized spacial score (nSPS) is 21.5. The van der Waals surface area contributed by atoms with Crippen LogP contribution >= 0.6 is 0 Å². The quantitative estimate of drug-likeness (QED) is 0.915. The Hall–Kier alpha value is -1.82. The van der Waals surface area contributed by atoms with Gasteiger partial charge < -0.3 is 19.2 Å². The van der Waals surface area contributed by atoms with E-state index >= 15 is 0 Å². The maximum absolute atomic E-state index is 12.8. The number of aryl methyl sites for hydroxylation is 2. The van der Waals surface area contributed by atoms with Gasteiger partial charge in [-0.05, 0) is 27.7 Å². The van der Waals surface area contributed by atoms with Gasteiger partial charge in [0.2, 0.25) is 0 Å². The van der Waals surface area contributed by atoms with Crippen LogP contribution in [-0.2, 0) is 9.53 Å². The zero-order valence-electron chi connectivity index (χ0n) is 12.8. The lowest BCUT2D eigenvalue weighted by molar-refractivity contribution is -0.142. The molecule has 1 aromatic rings. The number of ether oxygens (including phenoxy) is 1. The van der Waals surface area contributed by atoms with E-state index in [9.17, 15) is 14.7 Å². The van der Waals surface area contributed by atoms with E-state index in [0.717, 1.165) is 5.56 Å². The summed E-state index contributed by atoms with van der Waals surface area (Å²) in [6.07, 6.45) is 0. The standard InChI is InChI=1S/C15H21NO5/c1-5-16(12-7-20-6-11(12)15(18)19)14(17)13-8(2)9(3)21-10(13)4/h11-12H,5-7H2,1-4H3,(H,18,19). The zero-order valence-corrected chi connectivity index (χ0v) is 12.8. The fraction of sp³-hybridized carbons (Fsp3) is 0.600. The van der Waals surface area contributed by atoms with Crippen LogP contribution in [-0.4, -0.2) is 47.7 Å². The highest BCUT2D eigenvalue weighted by molar-refractivity contribution is 5.97. The Labute approximate surface area is 123 Å². The molecule has 6 heteroatoms. The van der Waals surface area contributed by atoms with Gasteiger partial charge in [-0.15, -0.1) is 0 Å². The molecule has 1 aromatic heterocycles. The van der Waals surface area contributed by atoms with Gasteiger partial charge in [0, 0.05) is 12.1 Å². The summed E-state index contributed by atoms with van der Waals surface area (Å²) >= 11 is 0. The van der Waals surface area contributed by atoms with E-state index in [4.69, 9.17) is 9.15 Å². The maximum atomic E-state index is 12.8. The number of rotatable bonds is 4. The predicted molar refractivity (Wildman–Crippen MR) is 75.4 cm³/mol. The third-order valence-corrected chi connectivity index (χ3v) is 4.14. The second kappa shape index (κ2) is 5.89. The largest absolute Gasteiger partial charge is 0.481 e. The Morgan fingerprint density at radius 3 is 2.38 bits per heavy atom. The number of carbonyl (C=O) groups excluding carboxylic acids is 1. The Morgan fingerprint density at radius 2 is 1.90 bits per heavy atom. The molecule has 1 aliphatic heterocycles. The lowest BCUT2D eigenvalue weighted by Crippen LogP contribution is -2.46. The number of hydrogen-bond acceptors (Lipinski definition) is 4. The van der Waals surface area contributed by atoms with Gasteiger partial charge in [0.15, 0.2) is 0 Å². The molecule has 116 valence electrons. The van der Waals surface area contributed by atoms with Crippen molar-refractivity contribution in [2.75, 3.05) is 19.8 Å². The average Bonchev–Trinajstić information content (AvgIpc) is 2.97. The summed E-state index contributed by atoms with van der Waals surface area (Å²) in [6, 6.07) is -0.436. The lowest BCUT2D eigenvalue weighted by Gasteiger charge is -2.29. The highest BCUT2D eigenvalue weighted by atomic mass is 16.5. The first-order valence-electron chi connectivity index (χ1n) is 7.06. The molecule has 2 unspecified atom stereocenters. The van der Waals surface area contributed by atoms with E-state index in [1.807, 2.05) is 20.8 Å². The average molecular weight is 295 g/mol. The Balaban J connectivity index is 2.33. The van der Waals surface area contributed by atoms with Crippen LogP contribution in [0.3, 0.4) is 0 Å². The number of carboxylic acids is 1. The van der Waals surface area contributed by atoms with Gasteiger partial charge in [0.1, 0.15) is 17.4 Å². The van der Waals surface area contributed by atoms with Crippen molar-refractivity contribution in [3.05, 3.63) is 22.6 Å². The molecule has 0 saturated carbocycles. The fourth-order valence-electron chi connectivity index (χ4n) is 2.87. The lowest BCUT2D eigenvalue weighted by atomic mass is 10.0. The SMILES string of the molecule is CCN(C(=O)c1c(C)oc(C)c1C)C1COCC1C(=O)O.